The standard InChI is InChI=1S/C9H9N3O2S/c1-5-11-6-2-3-7(10-4-8(13)14)12-9(6)15-5/h2-3H,4H2,1H3,(H,10,12)(H,13,14). The van der Waals surface area contributed by atoms with Crippen LogP contribution in [0.4, 0.5) is 5.82 Å². The number of carboxylic acids is 1. The van der Waals surface area contributed by atoms with E-state index in [9.17, 15) is 4.79 Å². The van der Waals surface area contributed by atoms with E-state index in [1.165, 1.54) is 11.3 Å². The van der Waals surface area contributed by atoms with Crippen LogP contribution >= 0.6 is 11.3 Å². The van der Waals surface area contributed by atoms with Crippen LogP contribution in [-0.2, 0) is 4.79 Å². The Labute approximate surface area is 89.8 Å². The summed E-state index contributed by atoms with van der Waals surface area (Å²) in [5.74, 6) is -0.342. The molecule has 5 nitrogen and oxygen atoms in total. The third-order valence-corrected chi connectivity index (χ3v) is 2.66. The molecular formula is C9H9N3O2S. The predicted molar refractivity (Wildman–Crippen MR) is 58.3 cm³/mol. The van der Waals surface area contributed by atoms with E-state index in [1.54, 1.807) is 6.07 Å². The number of thiazole rings is 1. The lowest BCUT2D eigenvalue weighted by molar-refractivity contribution is -0.134. The largest absolute Gasteiger partial charge is 0.480 e. The van der Waals surface area contributed by atoms with Crippen LogP contribution in [0.1, 0.15) is 5.01 Å². The summed E-state index contributed by atoms with van der Waals surface area (Å²) in [6.45, 7) is 1.78. The van der Waals surface area contributed by atoms with E-state index in [-0.39, 0.29) is 6.54 Å². The SMILES string of the molecule is Cc1nc2ccc(NCC(=O)O)nc2s1. The number of hydrogen-bond acceptors (Lipinski definition) is 5. The van der Waals surface area contributed by atoms with E-state index in [0.717, 1.165) is 15.4 Å². The second-order valence-electron chi connectivity index (χ2n) is 3.00. The lowest BCUT2D eigenvalue weighted by atomic mass is 10.4. The van der Waals surface area contributed by atoms with Crippen LogP contribution in [-0.4, -0.2) is 27.6 Å². The minimum atomic E-state index is -0.905. The van der Waals surface area contributed by atoms with Crippen molar-refractivity contribution >= 4 is 33.5 Å². The van der Waals surface area contributed by atoms with E-state index >= 15 is 0 Å². The van der Waals surface area contributed by atoms with Crippen molar-refractivity contribution in [3.8, 4) is 0 Å². The van der Waals surface area contributed by atoms with Crippen molar-refractivity contribution in [2.45, 2.75) is 6.92 Å². The monoisotopic (exact) mass is 223 g/mol. The van der Waals surface area contributed by atoms with Gasteiger partial charge in [0, 0.05) is 0 Å². The number of hydrogen-bond donors (Lipinski definition) is 2. The van der Waals surface area contributed by atoms with Gasteiger partial charge in [0.2, 0.25) is 0 Å². The molecule has 2 N–H and O–H groups in total. The Hall–Kier alpha value is -1.69. The fourth-order valence-corrected chi connectivity index (χ4v) is 1.98. The zero-order valence-corrected chi connectivity index (χ0v) is 8.84. The number of aromatic nitrogens is 2. The Kier molecular flexibility index (Phi) is 2.51. The summed E-state index contributed by atoms with van der Waals surface area (Å²) in [6, 6.07) is 3.56. The van der Waals surface area contributed by atoms with Gasteiger partial charge in [-0.3, -0.25) is 4.79 Å². The van der Waals surface area contributed by atoms with Gasteiger partial charge in [-0.25, -0.2) is 9.97 Å². The molecule has 2 rings (SSSR count). The van der Waals surface area contributed by atoms with Crippen LogP contribution in [0, 0.1) is 6.92 Å². The zero-order chi connectivity index (χ0) is 10.8. The fraction of sp³-hybridized carbons (Fsp3) is 0.222. The van der Waals surface area contributed by atoms with Crippen LogP contribution in [0.25, 0.3) is 10.3 Å². The summed E-state index contributed by atoms with van der Waals surface area (Å²) in [4.78, 5) is 19.7. The number of anilines is 1. The molecule has 6 heteroatoms. The molecule has 0 saturated carbocycles. The van der Waals surface area contributed by atoms with Gasteiger partial charge in [0.05, 0.1) is 5.01 Å². The summed E-state index contributed by atoms with van der Waals surface area (Å²) in [5, 5.41) is 12.2. The predicted octanol–water partition coefficient (Wildman–Crippen LogP) is 1.50. The quantitative estimate of drug-likeness (QED) is 0.824. The second-order valence-corrected chi connectivity index (χ2v) is 4.18. The van der Waals surface area contributed by atoms with Gasteiger partial charge in [0.1, 0.15) is 22.7 Å². The molecule has 0 radical (unpaired) electrons. The van der Waals surface area contributed by atoms with Crippen molar-refractivity contribution in [2.24, 2.45) is 0 Å². The highest BCUT2D eigenvalue weighted by molar-refractivity contribution is 7.18. The number of fused-ring (bicyclic) bond motifs is 1. The molecule has 2 heterocycles. The number of aryl methyl sites for hydroxylation is 1. The molecule has 2 aromatic heterocycles. The van der Waals surface area contributed by atoms with E-state index in [0.29, 0.717) is 5.82 Å². The molecule has 0 aliphatic carbocycles. The summed E-state index contributed by atoms with van der Waals surface area (Å²) in [7, 11) is 0. The average molecular weight is 223 g/mol. The zero-order valence-electron chi connectivity index (χ0n) is 8.02. The molecule has 78 valence electrons. The van der Waals surface area contributed by atoms with Gasteiger partial charge < -0.3 is 10.4 Å². The first-order valence-corrected chi connectivity index (χ1v) is 5.16. The molecule has 0 aliphatic heterocycles. The number of pyridine rings is 1. The topological polar surface area (TPSA) is 75.1 Å². The van der Waals surface area contributed by atoms with Gasteiger partial charge in [-0.05, 0) is 19.1 Å². The maximum atomic E-state index is 10.3. The van der Waals surface area contributed by atoms with Crippen molar-refractivity contribution in [1.29, 1.82) is 0 Å². The van der Waals surface area contributed by atoms with Crippen molar-refractivity contribution in [2.75, 3.05) is 11.9 Å². The van der Waals surface area contributed by atoms with Gasteiger partial charge in [0.25, 0.3) is 0 Å². The summed E-state index contributed by atoms with van der Waals surface area (Å²) >= 11 is 1.49. The summed E-state index contributed by atoms with van der Waals surface area (Å²) < 4.78 is 0. The fourth-order valence-electron chi connectivity index (χ4n) is 1.19. The van der Waals surface area contributed by atoms with E-state index in [2.05, 4.69) is 15.3 Å². The molecule has 0 aliphatic rings. The molecule has 0 aromatic carbocycles. The molecule has 0 saturated heterocycles. The van der Waals surface area contributed by atoms with Gasteiger partial charge in [-0.2, -0.15) is 0 Å². The Morgan fingerprint density at radius 3 is 3.07 bits per heavy atom. The van der Waals surface area contributed by atoms with Crippen LogP contribution in [0.3, 0.4) is 0 Å². The third-order valence-electron chi connectivity index (χ3n) is 1.78. The van der Waals surface area contributed by atoms with E-state index in [1.807, 2.05) is 13.0 Å². The number of nitrogens with zero attached hydrogens (tertiary/aromatic N) is 2. The average Bonchev–Trinajstić information content (AvgIpc) is 2.53. The highest BCUT2D eigenvalue weighted by atomic mass is 32.1. The van der Waals surface area contributed by atoms with Crippen molar-refractivity contribution < 1.29 is 9.90 Å². The number of nitrogens with one attached hydrogen (secondary N) is 1. The molecule has 0 bridgehead atoms. The number of aliphatic carboxylic acids is 1. The van der Waals surface area contributed by atoms with Gasteiger partial charge >= 0.3 is 5.97 Å². The van der Waals surface area contributed by atoms with Crippen molar-refractivity contribution in [1.82, 2.24) is 9.97 Å². The normalized spacial score (nSPS) is 10.5. The van der Waals surface area contributed by atoms with Crippen molar-refractivity contribution in [3.05, 3.63) is 17.1 Å². The molecule has 0 fully saturated rings. The van der Waals surface area contributed by atoms with Gasteiger partial charge in [-0.1, -0.05) is 11.3 Å². The molecule has 0 amide bonds. The van der Waals surface area contributed by atoms with E-state index in [4.69, 9.17) is 5.11 Å². The Balaban J connectivity index is 2.26. The maximum Gasteiger partial charge on any atom is 0.322 e. The van der Waals surface area contributed by atoms with Crippen LogP contribution in [0.5, 0.6) is 0 Å². The number of rotatable bonds is 3. The molecule has 0 unspecified atom stereocenters. The maximum absolute atomic E-state index is 10.3. The lowest BCUT2D eigenvalue weighted by Gasteiger charge is -2.00. The first-order valence-electron chi connectivity index (χ1n) is 4.35. The Morgan fingerprint density at radius 1 is 1.53 bits per heavy atom. The summed E-state index contributed by atoms with van der Waals surface area (Å²) in [6.07, 6.45) is 0. The molecular weight excluding hydrogens is 214 g/mol. The molecule has 2 aromatic rings. The summed E-state index contributed by atoms with van der Waals surface area (Å²) in [5.41, 5.74) is 0.846. The van der Waals surface area contributed by atoms with Gasteiger partial charge in [-0.15, -0.1) is 0 Å². The smallest absolute Gasteiger partial charge is 0.322 e. The van der Waals surface area contributed by atoms with Crippen LogP contribution in [0.2, 0.25) is 0 Å². The third kappa shape index (κ3) is 2.21. The number of carbonyl (C=O) groups is 1. The van der Waals surface area contributed by atoms with Crippen molar-refractivity contribution in [3.63, 3.8) is 0 Å². The van der Waals surface area contributed by atoms with Crippen LogP contribution in [0.15, 0.2) is 12.1 Å². The second kappa shape index (κ2) is 3.82. The molecule has 15 heavy (non-hydrogen) atoms. The Morgan fingerprint density at radius 2 is 2.33 bits per heavy atom. The molecule has 0 spiro atoms. The lowest BCUT2D eigenvalue weighted by Crippen LogP contribution is -2.12. The first-order chi connectivity index (χ1) is 7.15. The van der Waals surface area contributed by atoms with Gasteiger partial charge in [0.15, 0.2) is 0 Å². The minimum Gasteiger partial charge on any atom is -0.480 e. The number of carboxylic acid groups (broad SMARTS) is 1. The highest BCUT2D eigenvalue weighted by Crippen LogP contribution is 2.20. The first kappa shape index (κ1) is 9.85. The molecule has 0 atom stereocenters. The van der Waals surface area contributed by atoms with Crippen LogP contribution < -0.4 is 5.32 Å². The van der Waals surface area contributed by atoms with E-state index < -0.39 is 5.97 Å². The minimum absolute atomic E-state index is 0.129. The highest BCUT2D eigenvalue weighted by Gasteiger charge is 2.03. The Bertz CT molecular complexity index is 509.